The highest BCUT2D eigenvalue weighted by molar-refractivity contribution is 7.14. The van der Waals surface area contributed by atoms with Gasteiger partial charge in [0.15, 0.2) is 16.6 Å². The number of rotatable bonds is 6. The molecule has 3 rings (SSSR count). The number of nitrogens with one attached hydrogen (secondary N) is 1. The Morgan fingerprint density at radius 1 is 1.08 bits per heavy atom. The Hall–Kier alpha value is -3.12. The first-order valence-corrected chi connectivity index (χ1v) is 8.79. The quantitative estimate of drug-likeness (QED) is 0.654. The van der Waals surface area contributed by atoms with E-state index in [9.17, 15) is 4.79 Å². The van der Waals surface area contributed by atoms with Crippen molar-refractivity contribution < 1.29 is 14.3 Å². The van der Waals surface area contributed by atoms with Crippen molar-refractivity contribution in [2.24, 2.45) is 0 Å². The van der Waals surface area contributed by atoms with E-state index < -0.39 is 0 Å². The summed E-state index contributed by atoms with van der Waals surface area (Å²) < 4.78 is 10.5. The van der Waals surface area contributed by atoms with Gasteiger partial charge in [0.05, 0.1) is 19.9 Å². The summed E-state index contributed by atoms with van der Waals surface area (Å²) in [5.74, 6) is 1.02. The summed E-state index contributed by atoms with van der Waals surface area (Å²) in [6, 6.07) is 15.3. The summed E-state index contributed by atoms with van der Waals surface area (Å²) in [5.41, 5.74) is 2.70. The van der Waals surface area contributed by atoms with Crippen LogP contribution in [0.1, 0.15) is 5.56 Å². The van der Waals surface area contributed by atoms with Crippen molar-refractivity contribution in [3.8, 4) is 22.8 Å². The normalized spacial score (nSPS) is 10.7. The van der Waals surface area contributed by atoms with Crippen LogP contribution in [0.3, 0.4) is 0 Å². The van der Waals surface area contributed by atoms with E-state index >= 15 is 0 Å². The Morgan fingerprint density at radius 3 is 2.58 bits per heavy atom. The summed E-state index contributed by atoms with van der Waals surface area (Å²) >= 11 is 1.39. The minimum atomic E-state index is -0.242. The van der Waals surface area contributed by atoms with Gasteiger partial charge in [-0.25, -0.2) is 4.98 Å². The molecule has 0 aliphatic carbocycles. The third-order valence-corrected chi connectivity index (χ3v) is 4.40. The molecule has 0 aliphatic rings. The minimum absolute atomic E-state index is 0.242. The molecule has 1 aromatic heterocycles. The zero-order valence-corrected chi connectivity index (χ0v) is 15.2. The third-order valence-electron chi connectivity index (χ3n) is 3.64. The molecule has 0 saturated carbocycles. The van der Waals surface area contributed by atoms with Gasteiger partial charge in [0.25, 0.3) is 0 Å². The number of anilines is 1. The second kappa shape index (κ2) is 8.31. The number of methoxy groups -OCH3 is 2. The maximum atomic E-state index is 12.1. The molecule has 1 N–H and O–H groups in total. The van der Waals surface area contributed by atoms with E-state index in [-0.39, 0.29) is 5.91 Å². The zero-order valence-electron chi connectivity index (χ0n) is 14.4. The van der Waals surface area contributed by atoms with Gasteiger partial charge in [-0.15, -0.1) is 11.3 Å². The predicted molar refractivity (Wildman–Crippen MR) is 105 cm³/mol. The van der Waals surface area contributed by atoms with Gasteiger partial charge in [-0.3, -0.25) is 10.1 Å². The van der Waals surface area contributed by atoms with Gasteiger partial charge in [-0.1, -0.05) is 36.4 Å². The number of carbonyl (C=O) groups excluding carboxylic acids is 1. The number of ether oxygens (including phenoxy) is 2. The minimum Gasteiger partial charge on any atom is -0.493 e. The van der Waals surface area contributed by atoms with Crippen molar-refractivity contribution in [2.45, 2.75) is 0 Å². The number of nitrogens with zero attached hydrogens (tertiary/aromatic N) is 1. The molecule has 6 heteroatoms. The van der Waals surface area contributed by atoms with Gasteiger partial charge in [0.2, 0.25) is 5.91 Å². The average molecular weight is 366 g/mol. The molecular formula is C20H18N2O3S. The van der Waals surface area contributed by atoms with Crippen LogP contribution in [0, 0.1) is 0 Å². The van der Waals surface area contributed by atoms with Gasteiger partial charge in [0.1, 0.15) is 0 Å². The summed E-state index contributed by atoms with van der Waals surface area (Å²) in [4.78, 5) is 16.6. The van der Waals surface area contributed by atoms with E-state index in [1.807, 2.05) is 41.8 Å². The lowest BCUT2D eigenvalue weighted by Crippen LogP contribution is -2.07. The smallest absolute Gasteiger partial charge is 0.250 e. The van der Waals surface area contributed by atoms with E-state index in [1.165, 1.54) is 17.4 Å². The summed E-state index contributed by atoms with van der Waals surface area (Å²) in [7, 11) is 3.16. The molecule has 2 aromatic carbocycles. The fraction of sp³-hybridized carbons (Fsp3) is 0.100. The molecule has 1 amide bonds. The topological polar surface area (TPSA) is 60.5 Å². The summed E-state index contributed by atoms with van der Waals surface area (Å²) in [6.07, 6.45) is 3.17. The number of hydrogen-bond donors (Lipinski definition) is 1. The molecule has 132 valence electrons. The van der Waals surface area contributed by atoms with Crippen LogP contribution in [0.25, 0.3) is 17.3 Å². The standard InChI is InChI=1S/C20H18N2O3S/c1-24-17-10-8-14(12-18(17)25-2)9-11-19(23)22-20-21-16(13-26-20)15-6-4-3-5-7-15/h3-13H,1-2H3,(H,21,22,23)/b11-9+. The fourth-order valence-corrected chi connectivity index (χ4v) is 3.07. The van der Waals surface area contributed by atoms with Crippen LogP contribution < -0.4 is 14.8 Å². The van der Waals surface area contributed by atoms with E-state index in [0.717, 1.165) is 16.8 Å². The van der Waals surface area contributed by atoms with Crippen LogP contribution in [-0.4, -0.2) is 25.1 Å². The molecule has 0 fully saturated rings. The van der Waals surface area contributed by atoms with Crippen LogP contribution in [0.15, 0.2) is 60.0 Å². The first-order valence-electron chi connectivity index (χ1n) is 7.91. The Bertz CT molecular complexity index is 920. The van der Waals surface area contributed by atoms with Crippen molar-refractivity contribution in [3.05, 3.63) is 65.6 Å². The Morgan fingerprint density at radius 2 is 1.85 bits per heavy atom. The van der Waals surface area contributed by atoms with Gasteiger partial charge in [-0.2, -0.15) is 0 Å². The first kappa shape index (κ1) is 17.7. The van der Waals surface area contributed by atoms with Gasteiger partial charge in [0, 0.05) is 17.0 Å². The van der Waals surface area contributed by atoms with Crippen LogP contribution in [0.5, 0.6) is 11.5 Å². The number of hydrogen-bond acceptors (Lipinski definition) is 5. The first-order chi connectivity index (χ1) is 12.7. The Labute approximate surface area is 155 Å². The molecule has 0 spiro atoms. The summed E-state index contributed by atoms with van der Waals surface area (Å²) in [6.45, 7) is 0. The molecule has 5 nitrogen and oxygen atoms in total. The molecule has 0 bridgehead atoms. The lowest BCUT2D eigenvalue weighted by Gasteiger charge is -2.07. The number of amides is 1. The highest BCUT2D eigenvalue weighted by atomic mass is 32.1. The van der Waals surface area contributed by atoms with E-state index in [0.29, 0.717) is 16.6 Å². The van der Waals surface area contributed by atoms with Crippen LogP contribution in [-0.2, 0) is 4.79 Å². The van der Waals surface area contributed by atoms with Crippen molar-refractivity contribution in [3.63, 3.8) is 0 Å². The van der Waals surface area contributed by atoms with E-state index in [1.54, 1.807) is 32.4 Å². The number of carbonyl (C=O) groups is 1. The Balaban J connectivity index is 1.66. The second-order valence-electron chi connectivity index (χ2n) is 5.34. The second-order valence-corrected chi connectivity index (χ2v) is 6.20. The molecule has 0 unspecified atom stereocenters. The molecule has 1 heterocycles. The highest BCUT2D eigenvalue weighted by Gasteiger charge is 2.07. The highest BCUT2D eigenvalue weighted by Crippen LogP contribution is 2.28. The van der Waals surface area contributed by atoms with Crippen LogP contribution >= 0.6 is 11.3 Å². The lowest BCUT2D eigenvalue weighted by atomic mass is 10.2. The molecule has 0 saturated heterocycles. The third kappa shape index (κ3) is 4.29. The van der Waals surface area contributed by atoms with E-state index in [4.69, 9.17) is 9.47 Å². The number of benzene rings is 2. The lowest BCUT2D eigenvalue weighted by molar-refractivity contribution is -0.111. The van der Waals surface area contributed by atoms with Gasteiger partial charge in [-0.05, 0) is 23.8 Å². The molecule has 0 atom stereocenters. The maximum absolute atomic E-state index is 12.1. The molecule has 0 aliphatic heterocycles. The SMILES string of the molecule is COc1ccc(/C=C/C(=O)Nc2nc(-c3ccccc3)cs2)cc1OC. The maximum Gasteiger partial charge on any atom is 0.250 e. The molecular weight excluding hydrogens is 348 g/mol. The fourth-order valence-electron chi connectivity index (χ4n) is 2.35. The largest absolute Gasteiger partial charge is 0.493 e. The van der Waals surface area contributed by atoms with Crippen molar-refractivity contribution in [1.29, 1.82) is 0 Å². The average Bonchev–Trinajstić information content (AvgIpc) is 3.15. The monoisotopic (exact) mass is 366 g/mol. The molecule has 26 heavy (non-hydrogen) atoms. The van der Waals surface area contributed by atoms with Gasteiger partial charge < -0.3 is 9.47 Å². The van der Waals surface area contributed by atoms with Crippen molar-refractivity contribution in [1.82, 2.24) is 4.98 Å². The summed E-state index contributed by atoms with van der Waals surface area (Å²) in [5, 5.41) is 5.26. The van der Waals surface area contributed by atoms with E-state index in [2.05, 4.69) is 10.3 Å². The predicted octanol–water partition coefficient (Wildman–Crippen LogP) is 4.48. The molecule has 3 aromatic rings. The Kier molecular flexibility index (Phi) is 5.66. The van der Waals surface area contributed by atoms with Crippen molar-refractivity contribution >= 4 is 28.5 Å². The van der Waals surface area contributed by atoms with Crippen molar-refractivity contribution in [2.75, 3.05) is 19.5 Å². The van der Waals surface area contributed by atoms with Crippen LogP contribution in [0.4, 0.5) is 5.13 Å². The zero-order chi connectivity index (χ0) is 18.4. The number of thiazole rings is 1. The van der Waals surface area contributed by atoms with Gasteiger partial charge >= 0.3 is 0 Å². The molecule has 0 radical (unpaired) electrons. The van der Waals surface area contributed by atoms with Crippen LogP contribution in [0.2, 0.25) is 0 Å². The number of aromatic nitrogens is 1.